The molecule has 2 rings (SSSR count). The zero-order valence-electron chi connectivity index (χ0n) is 11.3. The van der Waals surface area contributed by atoms with Crippen LogP contribution < -0.4 is 10.6 Å². The molecule has 19 heavy (non-hydrogen) atoms. The first kappa shape index (κ1) is 14.3. The van der Waals surface area contributed by atoms with Gasteiger partial charge < -0.3 is 15.5 Å². The van der Waals surface area contributed by atoms with Crippen LogP contribution in [0.3, 0.4) is 0 Å². The molecule has 5 heteroatoms. The van der Waals surface area contributed by atoms with E-state index < -0.39 is 0 Å². The van der Waals surface area contributed by atoms with E-state index in [1.807, 2.05) is 36.2 Å². The molecule has 0 bridgehead atoms. The van der Waals surface area contributed by atoms with Crippen LogP contribution in [0.25, 0.3) is 0 Å². The molecular formula is C14H20BrN3O. The third-order valence-electron chi connectivity index (χ3n) is 3.84. The molecule has 1 heterocycles. The van der Waals surface area contributed by atoms with Crippen molar-refractivity contribution in [3.05, 3.63) is 28.7 Å². The average molecular weight is 326 g/mol. The summed E-state index contributed by atoms with van der Waals surface area (Å²) in [6, 6.07) is 7.93. The number of rotatable bonds is 2. The number of benzene rings is 1. The van der Waals surface area contributed by atoms with Gasteiger partial charge >= 0.3 is 0 Å². The number of likely N-dealkylation sites (N-methyl/N-ethyl adjacent to an activating group) is 1. The van der Waals surface area contributed by atoms with Gasteiger partial charge in [-0.2, -0.15) is 0 Å². The molecule has 0 aromatic heterocycles. The van der Waals surface area contributed by atoms with Crippen LogP contribution in [0.1, 0.15) is 13.3 Å². The molecule has 1 aliphatic heterocycles. The Morgan fingerprint density at radius 3 is 2.74 bits per heavy atom. The van der Waals surface area contributed by atoms with Crippen molar-refractivity contribution in [2.75, 3.05) is 25.0 Å². The van der Waals surface area contributed by atoms with Crippen LogP contribution >= 0.6 is 15.9 Å². The van der Waals surface area contributed by atoms with Crippen LogP contribution in [-0.2, 0) is 4.79 Å². The van der Waals surface area contributed by atoms with Crippen LogP contribution in [0.5, 0.6) is 0 Å². The Morgan fingerprint density at radius 2 is 2.11 bits per heavy atom. The highest BCUT2D eigenvalue weighted by Crippen LogP contribution is 2.29. The maximum Gasteiger partial charge on any atom is 0.246 e. The van der Waals surface area contributed by atoms with Gasteiger partial charge in [0.25, 0.3) is 0 Å². The normalized spacial score (nSPS) is 24.5. The van der Waals surface area contributed by atoms with E-state index in [4.69, 9.17) is 5.73 Å². The molecule has 1 fully saturated rings. The van der Waals surface area contributed by atoms with Gasteiger partial charge in [0.2, 0.25) is 5.91 Å². The van der Waals surface area contributed by atoms with Gasteiger partial charge in [-0.15, -0.1) is 0 Å². The summed E-state index contributed by atoms with van der Waals surface area (Å²) in [4.78, 5) is 16.4. The second-order valence-corrected chi connectivity index (χ2v) is 5.84. The summed E-state index contributed by atoms with van der Waals surface area (Å²) in [5, 5.41) is 0. The SMILES string of the molecule is CC1CCN(c2ccccc2Br)C(CN)C(=O)N1C. The maximum absolute atomic E-state index is 12.5. The maximum atomic E-state index is 12.5. The lowest BCUT2D eigenvalue weighted by Crippen LogP contribution is -2.50. The molecule has 1 amide bonds. The van der Waals surface area contributed by atoms with E-state index in [9.17, 15) is 4.79 Å². The number of halogens is 1. The van der Waals surface area contributed by atoms with Gasteiger partial charge in [-0.3, -0.25) is 4.79 Å². The molecule has 0 spiro atoms. The predicted octanol–water partition coefficient (Wildman–Crippen LogP) is 1.83. The van der Waals surface area contributed by atoms with E-state index in [-0.39, 0.29) is 18.0 Å². The Morgan fingerprint density at radius 1 is 1.42 bits per heavy atom. The van der Waals surface area contributed by atoms with Gasteiger partial charge in [0.15, 0.2) is 0 Å². The van der Waals surface area contributed by atoms with Gasteiger partial charge in [-0.1, -0.05) is 12.1 Å². The van der Waals surface area contributed by atoms with E-state index in [2.05, 4.69) is 27.8 Å². The fraction of sp³-hybridized carbons (Fsp3) is 0.500. The quantitative estimate of drug-likeness (QED) is 0.902. The molecule has 4 nitrogen and oxygen atoms in total. The number of hydrogen-bond acceptors (Lipinski definition) is 3. The molecular weight excluding hydrogens is 306 g/mol. The van der Waals surface area contributed by atoms with Crippen LogP contribution in [0, 0.1) is 0 Å². The van der Waals surface area contributed by atoms with Gasteiger partial charge in [-0.05, 0) is 41.4 Å². The molecule has 0 radical (unpaired) electrons. The zero-order chi connectivity index (χ0) is 14.0. The molecule has 1 saturated heterocycles. The number of amides is 1. The molecule has 0 saturated carbocycles. The van der Waals surface area contributed by atoms with Crippen molar-refractivity contribution in [2.24, 2.45) is 5.73 Å². The number of anilines is 1. The highest BCUT2D eigenvalue weighted by Gasteiger charge is 2.33. The Bertz CT molecular complexity index is 466. The van der Waals surface area contributed by atoms with E-state index in [0.29, 0.717) is 6.54 Å². The van der Waals surface area contributed by atoms with E-state index in [0.717, 1.165) is 23.1 Å². The van der Waals surface area contributed by atoms with E-state index >= 15 is 0 Å². The summed E-state index contributed by atoms with van der Waals surface area (Å²) in [5.41, 5.74) is 6.88. The molecule has 1 aliphatic rings. The molecule has 104 valence electrons. The van der Waals surface area contributed by atoms with Crippen molar-refractivity contribution in [1.29, 1.82) is 0 Å². The first-order chi connectivity index (χ1) is 9.06. The number of nitrogens with zero attached hydrogens (tertiary/aromatic N) is 2. The topological polar surface area (TPSA) is 49.6 Å². The van der Waals surface area contributed by atoms with Gasteiger partial charge in [0, 0.05) is 30.7 Å². The second-order valence-electron chi connectivity index (χ2n) is 4.98. The summed E-state index contributed by atoms with van der Waals surface area (Å²) >= 11 is 3.56. The molecule has 1 aromatic carbocycles. The molecule has 2 atom stereocenters. The van der Waals surface area contributed by atoms with Gasteiger partial charge in [0.05, 0.1) is 5.69 Å². The number of para-hydroxylation sites is 1. The summed E-state index contributed by atoms with van der Waals surface area (Å²) in [6.45, 7) is 3.24. The fourth-order valence-electron chi connectivity index (χ4n) is 2.46. The Kier molecular flexibility index (Phi) is 4.47. The van der Waals surface area contributed by atoms with E-state index in [1.54, 1.807) is 0 Å². The Labute approximate surface area is 122 Å². The highest BCUT2D eigenvalue weighted by atomic mass is 79.9. The summed E-state index contributed by atoms with van der Waals surface area (Å²) < 4.78 is 0.999. The fourth-order valence-corrected chi connectivity index (χ4v) is 2.97. The lowest BCUT2D eigenvalue weighted by Gasteiger charge is -2.31. The van der Waals surface area contributed by atoms with Crippen LogP contribution in [0.4, 0.5) is 5.69 Å². The standard InChI is InChI=1S/C14H20BrN3O/c1-10-7-8-18(12-6-4-3-5-11(12)15)13(9-16)14(19)17(10)2/h3-6,10,13H,7-9,16H2,1-2H3. The summed E-state index contributed by atoms with van der Waals surface area (Å²) in [6.07, 6.45) is 0.945. The van der Waals surface area contributed by atoms with Crippen molar-refractivity contribution >= 4 is 27.5 Å². The van der Waals surface area contributed by atoms with Gasteiger partial charge in [0.1, 0.15) is 6.04 Å². The minimum Gasteiger partial charge on any atom is -0.358 e. The first-order valence-corrected chi connectivity index (χ1v) is 7.33. The average Bonchev–Trinajstić information content (AvgIpc) is 2.51. The molecule has 2 N–H and O–H groups in total. The lowest BCUT2D eigenvalue weighted by atomic mass is 10.2. The van der Waals surface area contributed by atoms with E-state index in [1.165, 1.54) is 0 Å². The van der Waals surface area contributed by atoms with Crippen molar-refractivity contribution in [1.82, 2.24) is 4.90 Å². The number of hydrogen-bond donors (Lipinski definition) is 1. The third-order valence-corrected chi connectivity index (χ3v) is 4.51. The highest BCUT2D eigenvalue weighted by molar-refractivity contribution is 9.10. The van der Waals surface area contributed by atoms with Crippen molar-refractivity contribution in [3.8, 4) is 0 Å². The lowest BCUT2D eigenvalue weighted by molar-refractivity contribution is -0.132. The van der Waals surface area contributed by atoms with Crippen LogP contribution in [0.2, 0.25) is 0 Å². The first-order valence-electron chi connectivity index (χ1n) is 6.54. The van der Waals surface area contributed by atoms with Crippen molar-refractivity contribution in [2.45, 2.75) is 25.4 Å². The second kappa shape index (κ2) is 5.92. The Hall–Kier alpha value is -1.07. The third kappa shape index (κ3) is 2.77. The zero-order valence-corrected chi connectivity index (χ0v) is 12.9. The van der Waals surface area contributed by atoms with Gasteiger partial charge in [-0.25, -0.2) is 0 Å². The molecule has 2 unspecified atom stereocenters. The summed E-state index contributed by atoms with van der Waals surface area (Å²) in [5.74, 6) is 0.100. The number of carbonyl (C=O) groups is 1. The Balaban J connectivity index is 2.38. The minimum absolute atomic E-state index is 0.100. The smallest absolute Gasteiger partial charge is 0.246 e. The van der Waals surface area contributed by atoms with Crippen LogP contribution in [0.15, 0.2) is 28.7 Å². The predicted molar refractivity (Wildman–Crippen MR) is 81.2 cm³/mol. The van der Waals surface area contributed by atoms with Crippen LogP contribution in [-0.4, -0.2) is 43.0 Å². The monoisotopic (exact) mass is 325 g/mol. The largest absolute Gasteiger partial charge is 0.358 e. The minimum atomic E-state index is -0.284. The number of carbonyl (C=O) groups excluding carboxylic acids is 1. The van der Waals surface area contributed by atoms with Crippen molar-refractivity contribution in [3.63, 3.8) is 0 Å². The summed E-state index contributed by atoms with van der Waals surface area (Å²) in [7, 11) is 1.86. The van der Waals surface area contributed by atoms with Crippen molar-refractivity contribution < 1.29 is 4.79 Å². The number of nitrogens with two attached hydrogens (primary N) is 1. The molecule has 0 aliphatic carbocycles. The molecule has 1 aromatic rings.